The van der Waals surface area contributed by atoms with Crippen molar-refractivity contribution < 1.29 is 4.79 Å². The number of hydrogen-bond acceptors (Lipinski definition) is 5. The van der Waals surface area contributed by atoms with Crippen LogP contribution in [0.15, 0.2) is 67.3 Å². The summed E-state index contributed by atoms with van der Waals surface area (Å²) in [6, 6.07) is 13.0. The summed E-state index contributed by atoms with van der Waals surface area (Å²) in [6.07, 6.45) is 7.06. The second kappa shape index (κ2) is 7.25. The fraction of sp³-hybridized carbons (Fsp3) is 0.100. The average Bonchev–Trinajstić information content (AvgIpc) is 3.06. The van der Waals surface area contributed by atoms with Gasteiger partial charge in [-0.05, 0) is 48.0 Å². The Morgan fingerprint density at radius 2 is 1.96 bits per heavy atom. The highest BCUT2D eigenvalue weighted by Crippen LogP contribution is 2.20. The molecule has 0 radical (unpaired) electrons. The predicted molar refractivity (Wildman–Crippen MR) is 104 cm³/mol. The Hall–Kier alpha value is -3.74. The molecule has 7 heteroatoms. The fourth-order valence-electron chi connectivity index (χ4n) is 2.83. The van der Waals surface area contributed by atoms with Crippen molar-refractivity contribution in [1.29, 1.82) is 0 Å². The lowest BCUT2D eigenvalue weighted by Gasteiger charge is -2.11. The Morgan fingerprint density at radius 3 is 2.81 bits per heavy atom. The van der Waals surface area contributed by atoms with E-state index in [1.807, 2.05) is 43.6 Å². The van der Waals surface area contributed by atoms with Crippen molar-refractivity contribution in [2.24, 2.45) is 7.05 Å². The summed E-state index contributed by atoms with van der Waals surface area (Å²) >= 11 is 0. The molecule has 3 aromatic heterocycles. The number of rotatable bonds is 5. The van der Waals surface area contributed by atoms with Crippen molar-refractivity contribution >= 4 is 28.3 Å². The molecule has 0 bridgehead atoms. The van der Waals surface area contributed by atoms with E-state index < -0.39 is 0 Å². The summed E-state index contributed by atoms with van der Waals surface area (Å²) < 4.78 is 1.75. The molecule has 3 heterocycles. The lowest BCUT2D eigenvalue weighted by Crippen LogP contribution is -2.15. The van der Waals surface area contributed by atoms with Crippen LogP contribution in [0.5, 0.6) is 0 Å². The second-order valence-corrected chi connectivity index (χ2v) is 6.14. The quantitative estimate of drug-likeness (QED) is 0.572. The number of aromatic nitrogens is 4. The standard InChI is InChI=1S/C20H18N6O/c1-26-13-15-4-5-16(11-18(15)25-26)24-20(27)17-3-2-8-22-19(17)23-12-14-6-9-21-10-7-14/h2-11,13H,12H2,1H3,(H,22,23)(H,24,27). The normalized spacial score (nSPS) is 10.7. The van der Waals surface area contributed by atoms with Gasteiger partial charge in [-0.3, -0.25) is 14.5 Å². The molecule has 0 saturated heterocycles. The molecule has 4 rings (SSSR count). The van der Waals surface area contributed by atoms with Crippen LogP contribution in [0, 0.1) is 0 Å². The molecule has 4 aromatic rings. The van der Waals surface area contributed by atoms with Crippen LogP contribution in [0.4, 0.5) is 11.5 Å². The molecule has 0 aliphatic rings. The highest BCUT2D eigenvalue weighted by Gasteiger charge is 2.13. The summed E-state index contributed by atoms with van der Waals surface area (Å²) in [5.41, 5.74) is 3.06. The van der Waals surface area contributed by atoms with Crippen LogP contribution in [0.3, 0.4) is 0 Å². The van der Waals surface area contributed by atoms with Crippen LogP contribution in [-0.4, -0.2) is 25.7 Å². The Balaban J connectivity index is 1.52. The van der Waals surface area contributed by atoms with E-state index in [0.29, 0.717) is 23.6 Å². The highest BCUT2D eigenvalue weighted by molar-refractivity contribution is 6.08. The summed E-state index contributed by atoms with van der Waals surface area (Å²) in [4.78, 5) is 21.1. The van der Waals surface area contributed by atoms with E-state index in [1.165, 1.54) is 0 Å². The number of pyridine rings is 2. The Labute approximate surface area is 156 Å². The average molecular weight is 358 g/mol. The van der Waals surface area contributed by atoms with Crippen LogP contribution in [-0.2, 0) is 13.6 Å². The zero-order valence-electron chi connectivity index (χ0n) is 14.8. The van der Waals surface area contributed by atoms with Gasteiger partial charge in [0, 0.05) is 49.5 Å². The topological polar surface area (TPSA) is 84.7 Å². The van der Waals surface area contributed by atoms with E-state index in [1.54, 1.807) is 35.4 Å². The molecular weight excluding hydrogens is 340 g/mol. The summed E-state index contributed by atoms with van der Waals surface area (Å²) in [5.74, 6) is 0.307. The Morgan fingerprint density at radius 1 is 1.11 bits per heavy atom. The van der Waals surface area contributed by atoms with Gasteiger partial charge >= 0.3 is 0 Å². The third kappa shape index (κ3) is 3.77. The van der Waals surface area contributed by atoms with Gasteiger partial charge in [0.2, 0.25) is 0 Å². The largest absolute Gasteiger partial charge is 0.365 e. The SMILES string of the molecule is Cn1cc2ccc(NC(=O)c3cccnc3NCc3ccncc3)cc2n1. The van der Waals surface area contributed by atoms with E-state index in [-0.39, 0.29) is 5.91 Å². The van der Waals surface area contributed by atoms with Crippen molar-refractivity contribution in [1.82, 2.24) is 19.7 Å². The van der Waals surface area contributed by atoms with E-state index in [0.717, 1.165) is 16.5 Å². The first-order chi connectivity index (χ1) is 13.2. The number of benzene rings is 1. The number of nitrogens with zero attached hydrogens (tertiary/aromatic N) is 4. The zero-order valence-corrected chi connectivity index (χ0v) is 14.8. The first-order valence-corrected chi connectivity index (χ1v) is 8.51. The van der Waals surface area contributed by atoms with Gasteiger partial charge in [0.25, 0.3) is 5.91 Å². The first kappa shape index (κ1) is 16.7. The van der Waals surface area contributed by atoms with E-state index >= 15 is 0 Å². The number of hydrogen-bond donors (Lipinski definition) is 2. The Bertz CT molecular complexity index is 1090. The number of fused-ring (bicyclic) bond motifs is 1. The van der Waals surface area contributed by atoms with Crippen LogP contribution >= 0.6 is 0 Å². The number of amides is 1. The van der Waals surface area contributed by atoms with Crippen molar-refractivity contribution in [3.05, 3.63) is 78.4 Å². The van der Waals surface area contributed by atoms with Crippen molar-refractivity contribution in [3.8, 4) is 0 Å². The van der Waals surface area contributed by atoms with Crippen LogP contribution in [0.1, 0.15) is 15.9 Å². The third-order valence-electron chi connectivity index (χ3n) is 4.14. The van der Waals surface area contributed by atoms with Crippen LogP contribution < -0.4 is 10.6 Å². The van der Waals surface area contributed by atoms with E-state index in [2.05, 4.69) is 25.7 Å². The van der Waals surface area contributed by atoms with Gasteiger partial charge in [-0.15, -0.1) is 0 Å². The molecule has 0 aliphatic carbocycles. The number of aryl methyl sites for hydroxylation is 1. The maximum Gasteiger partial charge on any atom is 0.259 e. The second-order valence-electron chi connectivity index (χ2n) is 6.14. The van der Waals surface area contributed by atoms with Crippen LogP contribution in [0.2, 0.25) is 0 Å². The molecule has 0 spiro atoms. The number of anilines is 2. The molecule has 1 amide bonds. The van der Waals surface area contributed by atoms with Gasteiger partial charge < -0.3 is 10.6 Å². The number of carbonyl (C=O) groups excluding carboxylic acids is 1. The maximum atomic E-state index is 12.8. The van der Waals surface area contributed by atoms with Crippen LogP contribution in [0.25, 0.3) is 10.9 Å². The minimum atomic E-state index is -0.226. The van der Waals surface area contributed by atoms with Gasteiger partial charge in [0.1, 0.15) is 5.82 Å². The number of carbonyl (C=O) groups is 1. The maximum absolute atomic E-state index is 12.8. The van der Waals surface area contributed by atoms with Gasteiger partial charge in [-0.1, -0.05) is 0 Å². The molecule has 0 saturated carbocycles. The van der Waals surface area contributed by atoms with Crippen molar-refractivity contribution in [3.63, 3.8) is 0 Å². The summed E-state index contributed by atoms with van der Waals surface area (Å²) in [7, 11) is 1.87. The predicted octanol–water partition coefficient (Wildman–Crippen LogP) is 3.23. The summed E-state index contributed by atoms with van der Waals surface area (Å²) in [6.45, 7) is 0.555. The zero-order chi connectivity index (χ0) is 18.6. The van der Waals surface area contributed by atoms with Gasteiger partial charge in [0.05, 0.1) is 11.1 Å². The van der Waals surface area contributed by atoms with Gasteiger partial charge in [0.15, 0.2) is 0 Å². The molecule has 0 fully saturated rings. The van der Waals surface area contributed by atoms with Crippen molar-refractivity contribution in [2.75, 3.05) is 10.6 Å². The molecular formula is C20H18N6O. The third-order valence-corrected chi connectivity index (χ3v) is 4.14. The molecule has 134 valence electrons. The first-order valence-electron chi connectivity index (χ1n) is 8.51. The monoisotopic (exact) mass is 358 g/mol. The molecule has 2 N–H and O–H groups in total. The smallest absolute Gasteiger partial charge is 0.259 e. The van der Waals surface area contributed by atoms with E-state index in [9.17, 15) is 4.79 Å². The molecule has 7 nitrogen and oxygen atoms in total. The molecule has 0 aliphatic heterocycles. The van der Waals surface area contributed by atoms with Crippen molar-refractivity contribution in [2.45, 2.75) is 6.54 Å². The van der Waals surface area contributed by atoms with E-state index in [4.69, 9.17) is 0 Å². The minimum Gasteiger partial charge on any atom is -0.365 e. The lowest BCUT2D eigenvalue weighted by molar-refractivity contribution is 0.102. The van der Waals surface area contributed by atoms with Gasteiger partial charge in [-0.2, -0.15) is 5.10 Å². The molecule has 0 atom stereocenters. The molecule has 1 aromatic carbocycles. The highest BCUT2D eigenvalue weighted by atomic mass is 16.1. The minimum absolute atomic E-state index is 0.226. The number of nitrogens with one attached hydrogen (secondary N) is 2. The molecule has 27 heavy (non-hydrogen) atoms. The summed E-state index contributed by atoms with van der Waals surface area (Å²) in [5, 5.41) is 11.5. The fourth-order valence-corrected chi connectivity index (χ4v) is 2.83. The van der Waals surface area contributed by atoms with Gasteiger partial charge in [-0.25, -0.2) is 4.98 Å². The molecule has 0 unspecified atom stereocenters. The lowest BCUT2D eigenvalue weighted by atomic mass is 10.2. The Kier molecular flexibility index (Phi) is 4.49.